The molecule has 1 unspecified atom stereocenters. The molecule has 0 aromatic heterocycles. The Morgan fingerprint density at radius 2 is 1.05 bits per heavy atom. The normalized spacial score (nSPS) is 9.00. The van der Waals surface area contributed by atoms with Crippen LogP contribution in [0.4, 0.5) is 0 Å². The first kappa shape index (κ1) is 46.4. The summed E-state index contributed by atoms with van der Waals surface area (Å²) in [5.74, 6) is 0.876. The highest BCUT2D eigenvalue weighted by Crippen LogP contribution is 2.16. The second-order valence-corrected chi connectivity index (χ2v) is 9.14. The van der Waals surface area contributed by atoms with Crippen LogP contribution in [0.15, 0.2) is 78.4 Å². The Balaban J connectivity index is -0.000000124. The SMILES string of the molecule is C=C(C)C=C(CC)CC.CC.CC.CC(C)=O.CCC(C)c1ccccc1.CCCC.Cc1ccc(C)cc1. The van der Waals surface area contributed by atoms with Crippen molar-refractivity contribution in [2.75, 3.05) is 0 Å². The third-order valence-corrected chi connectivity index (χ3v) is 5.06. The van der Waals surface area contributed by atoms with Gasteiger partial charge in [-0.3, -0.25) is 0 Å². The lowest BCUT2D eigenvalue weighted by Crippen LogP contribution is -1.88. The molecule has 0 saturated heterocycles. The molecule has 1 nitrogen and oxygen atoms in total. The summed E-state index contributed by atoms with van der Waals surface area (Å²) in [4.78, 5) is 9.44. The standard InChI is InChI=1S/C10H14.C9H16.C8H10.C4H10.C3H6O.2C2H6/c1-3-9(2)10-7-5-4-6-8-10;1-5-9(6-2)7-8(3)4;1-7-3-5-8(2)6-4-7;1-3-4-2;1-3(2)4;2*1-2/h4-9H,3H2,1-2H3;7H,3,5-6H2,1-2,4H3;3-6H,1-2H3;3-4H2,1-2H3;1-2H3;2*1-2H3. The Bertz CT molecular complexity index is 733. The van der Waals surface area contributed by atoms with E-state index in [4.69, 9.17) is 0 Å². The van der Waals surface area contributed by atoms with E-state index in [2.05, 4.69) is 123 Å². The fourth-order valence-electron chi connectivity index (χ4n) is 2.46. The van der Waals surface area contributed by atoms with E-state index in [1.165, 1.54) is 55.4 Å². The monoisotopic (exact) mass is 541 g/mol. The van der Waals surface area contributed by atoms with Crippen LogP contribution in [0.25, 0.3) is 0 Å². The highest BCUT2D eigenvalue weighted by molar-refractivity contribution is 5.72. The highest BCUT2D eigenvalue weighted by Gasteiger charge is 1.98. The molecule has 0 bridgehead atoms. The van der Waals surface area contributed by atoms with Crippen molar-refractivity contribution < 1.29 is 4.79 Å². The molecule has 2 aromatic carbocycles. The fourth-order valence-corrected chi connectivity index (χ4v) is 2.46. The van der Waals surface area contributed by atoms with Gasteiger partial charge in [-0.15, -0.1) is 0 Å². The van der Waals surface area contributed by atoms with Gasteiger partial charge in [-0.25, -0.2) is 0 Å². The lowest BCUT2D eigenvalue weighted by molar-refractivity contribution is -0.114. The lowest BCUT2D eigenvalue weighted by Gasteiger charge is -2.06. The molecule has 226 valence electrons. The second-order valence-electron chi connectivity index (χ2n) is 9.14. The van der Waals surface area contributed by atoms with Crippen molar-refractivity contribution in [2.45, 2.75) is 142 Å². The number of benzene rings is 2. The van der Waals surface area contributed by atoms with Crippen LogP contribution >= 0.6 is 0 Å². The summed E-state index contributed by atoms with van der Waals surface area (Å²) in [6, 6.07) is 19.1. The van der Waals surface area contributed by atoms with Crippen LogP contribution in [0.3, 0.4) is 0 Å². The van der Waals surface area contributed by atoms with Gasteiger partial charge in [0, 0.05) is 0 Å². The van der Waals surface area contributed by atoms with Gasteiger partial charge in [-0.05, 0) is 65.4 Å². The smallest absolute Gasteiger partial charge is 0.126 e. The van der Waals surface area contributed by atoms with Gasteiger partial charge in [0.1, 0.15) is 5.78 Å². The maximum Gasteiger partial charge on any atom is 0.126 e. The molecule has 0 aliphatic heterocycles. The van der Waals surface area contributed by atoms with Crippen LogP contribution in [0.1, 0.15) is 145 Å². The molecule has 0 N–H and O–H groups in total. The van der Waals surface area contributed by atoms with E-state index in [0.717, 1.165) is 18.4 Å². The largest absolute Gasteiger partial charge is 0.300 e. The van der Waals surface area contributed by atoms with Gasteiger partial charge in [0.05, 0.1) is 0 Å². The minimum atomic E-state index is 0.167. The second kappa shape index (κ2) is 37.7. The van der Waals surface area contributed by atoms with E-state index in [-0.39, 0.29) is 5.78 Å². The topological polar surface area (TPSA) is 17.1 Å². The van der Waals surface area contributed by atoms with Crippen LogP contribution in [0, 0.1) is 13.8 Å². The van der Waals surface area contributed by atoms with E-state index in [1.807, 2.05) is 34.6 Å². The number of Topliss-reactive ketones (excluding diaryl/α,β-unsaturated/α-hetero) is 1. The number of allylic oxidation sites excluding steroid dienone is 3. The average molecular weight is 541 g/mol. The first-order valence-corrected chi connectivity index (χ1v) is 15.4. The number of carbonyl (C=O) groups is 1. The molecule has 0 fully saturated rings. The number of hydrogen-bond donors (Lipinski definition) is 0. The van der Waals surface area contributed by atoms with E-state index in [9.17, 15) is 4.79 Å². The van der Waals surface area contributed by atoms with Crippen molar-refractivity contribution in [2.24, 2.45) is 0 Å². The predicted octanol–water partition coefficient (Wildman–Crippen LogP) is 13.3. The van der Waals surface area contributed by atoms with Crippen molar-refractivity contribution in [3.05, 3.63) is 95.1 Å². The number of hydrogen-bond acceptors (Lipinski definition) is 1. The average Bonchev–Trinajstić information content (AvgIpc) is 2.96. The third-order valence-electron chi connectivity index (χ3n) is 5.06. The van der Waals surface area contributed by atoms with Gasteiger partial charge in [-0.1, -0.05) is 172 Å². The zero-order chi connectivity index (χ0) is 31.6. The highest BCUT2D eigenvalue weighted by atomic mass is 16.1. The quantitative estimate of drug-likeness (QED) is 0.333. The first-order valence-electron chi connectivity index (χ1n) is 15.4. The van der Waals surface area contributed by atoms with Crippen molar-refractivity contribution in [3.8, 4) is 0 Å². The molecule has 1 heteroatoms. The molecule has 39 heavy (non-hydrogen) atoms. The molecule has 0 spiro atoms. The molecule has 1 atom stereocenters. The van der Waals surface area contributed by atoms with Crippen LogP contribution in [-0.2, 0) is 4.79 Å². The van der Waals surface area contributed by atoms with E-state index < -0.39 is 0 Å². The summed E-state index contributed by atoms with van der Waals surface area (Å²) >= 11 is 0. The van der Waals surface area contributed by atoms with Crippen LogP contribution in [0.2, 0.25) is 0 Å². The Kier molecular flexibility index (Phi) is 44.9. The molecular weight excluding hydrogens is 472 g/mol. The van der Waals surface area contributed by atoms with Gasteiger partial charge in [0.2, 0.25) is 0 Å². The molecule has 0 heterocycles. The fraction of sp³-hybridized carbons (Fsp3) is 0.553. The van der Waals surface area contributed by atoms with Crippen LogP contribution in [0.5, 0.6) is 0 Å². The summed E-state index contributed by atoms with van der Waals surface area (Å²) in [6.45, 7) is 34.3. The summed E-state index contributed by atoms with van der Waals surface area (Å²) in [6.07, 6.45) is 8.34. The van der Waals surface area contributed by atoms with Crippen LogP contribution < -0.4 is 0 Å². The summed E-state index contributed by atoms with van der Waals surface area (Å²) in [7, 11) is 0. The molecular formula is C38H68O. The number of aryl methyl sites for hydroxylation is 2. The third kappa shape index (κ3) is 42.9. The summed E-state index contributed by atoms with van der Waals surface area (Å²) in [5, 5.41) is 0. The zero-order valence-corrected chi connectivity index (χ0v) is 29.0. The number of unbranched alkanes of at least 4 members (excludes halogenated alkanes) is 1. The van der Waals surface area contributed by atoms with Gasteiger partial charge in [0.25, 0.3) is 0 Å². The maximum atomic E-state index is 9.44. The molecule has 2 rings (SSSR count). The van der Waals surface area contributed by atoms with E-state index >= 15 is 0 Å². The molecule has 0 radical (unpaired) electrons. The van der Waals surface area contributed by atoms with Crippen LogP contribution in [-0.4, -0.2) is 5.78 Å². The minimum Gasteiger partial charge on any atom is -0.300 e. The van der Waals surface area contributed by atoms with E-state index in [1.54, 1.807) is 0 Å². The number of carbonyl (C=O) groups excluding carboxylic acids is 1. The van der Waals surface area contributed by atoms with Gasteiger partial charge < -0.3 is 4.79 Å². The predicted molar refractivity (Wildman–Crippen MR) is 184 cm³/mol. The van der Waals surface area contributed by atoms with Gasteiger partial charge in [-0.2, -0.15) is 0 Å². The summed E-state index contributed by atoms with van der Waals surface area (Å²) in [5.41, 5.74) is 6.76. The minimum absolute atomic E-state index is 0.167. The lowest BCUT2D eigenvalue weighted by atomic mass is 9.99. The molecule has 0 aliphatic carbocycles. The Morgan fingerprint density at radius 1 is 0.718 bits per heavy atom. The van der Waals surface area contributed by atoms with E-state index in [0.29, 0.717) is 5.92 Å². The molecule has 0 amide bonds. The molecule has 0 saturated carbocycles. The Morgan fingerprint density at radius 3 is 1.26 bits per heavy atom. The molecule has 0 aliphatic rings. The maximum absolute atomic E-state index is 9.44. The first-order chi connectivity index (χ1) is 18.5. The summed E-state index contributed by atoms with van der Waals surface area (Å²) < 4.78 is 0. The Hall–Kier alpha value is -2.41. The van der Waals surface area contributed by atoms with Crippen molar-refractivity contribution in [3.63, 3.8) is 0 Å². The van der Waals surface area contributed by atoms with Gasteiger partial charge in [0.15, 0.2) is 0 Å². The number of rotatable bonds is 6. The number of ketones is 1. The molecule has 2 aromatic rings. The van der Waals surface area contributed by atoms with Crippen molar-refractivity contribution in [1.82, 2.24) is 0 Å². The van der Waals surface area contributed by atoms with Crippen molar-refractivity contribution in [1.29, 1.82) is 0 Å². The van der Waals surface area contributed by atoms with Gasteiger partial charge >= 0.3 is 0 Å². The Labute approximate surface area is 247 Å². The zero-order valence-electron chi connectivity index (χ0n) is 29.0. The van der Waals surface area contributed by atoms with Crippen molar-refractivity contribution >= 4 is 5.78 Å².